The van der Waals surface area contributed by atoms with E-state index in [1.54, 1.807) is 11.6 Å². The number of H-pyrrole nitrogens is 1. The highest BCUT2D eigenvalue weighted by atomic mass is 32.2. The number of nitrogens with one attached hydrogen (secondary N) is 2. The van der Waals surface area contributed by atoms with Gasteiger partial charge in [0.1, 0.15) is 9.90 Å². The standard InChI is InChI=1S/C11H14N4O4S2/c1-3-7(10-12-4-5-20-10)15-21(18,19)9-6(2)13-14-8(9)11(16)17/h4-5,7,15H,3H2,1-2H3,(H,13,14)(H,16,17). The predicted molar refractivity (Wildman–Crippen MR) is 75.8 cm³/mol. The number of aromatic nitrogens is 3. The topological polar surface area (TPSA) is 125 Å². The van der Waals surface area contributed by atoms with E-state index in [2.05, 4.69) is 19.9 Å². The van der Waals surface area contributed by atoms with Gasteiger partial charge in [0.05, 0.1) is 11.7 Å². The van der Waals surface area contributed by atoms with Gasteiger partial charge in [-0.3, -0.25) is 5.10 Å². The van der Waals surface area contributed by atoms with Gasteiger partial charge < -0.3 is 5.11 Å². The van der Waals surface area contributed by atoms with Gasteiger partial charge in [0.15, 0.2) is 5.69 Å². The Morgan fingerprint density at radius 2 is 2.29 bits per heavy atom. The molecule has 10 heteroatoms. The minimum absolute atomic E-state index is 0.175. The van der Waals surface area contributed by atoms with Gasteiger partial charge in [-0.25, -0.2) is 22.9 Å². The number of carboxylic acid groups (broad SMARTS) is 1. The average molecular weight is 330 g/mol. The Balaban J connectivity index is 2.39. The monoisotopic (exact) mass is 330 g/mol. The minimum atomic E-state index is -4.02. The second kappa shape index (κ2) is 5.92. The summed E-state index contributed by atoms with van der Waals surface area (Å²) in [6.07, 6.45) is 2.08. The fourth-order valence-corrected chi connectivity index (χ4v) is 4.31. The molecule has 114 valence electrons. The molecule has 2 aromatic heterocycles. The number of aromatic amines is 1. The Morgan fingerprint density at radius 1 is 1.57 bits per heavy atom. The van der Waals surface area contributed by atoms with E-state index >= 15 is 0 Å². The third-order valence-corrected chi connectivity index (χ3v) is 5.34. The highest BCUT2D eigenvalue weighted by Gasteiger charge is 2.30. The van der Waals surface area contributed by atoms with Gasteiger partial charge in [-0.2, -0.15) is 5.10 Å². The van der Waals surface area contributed by atoms with Gasteiger partial charge >= 0.3 is 5.97 Å². The van der Waals surface area contributed by atoms with Crippen LogP contribution in [-0.2, 0) is 10.0 Å². The van der Waals surface area contributed by atoms with Crippen LogP contribution >= 0.6 is 11.3 Å². The van der Waals surface area contributed by atoms with Crippen LogP contribution in [0.2, 0.25) is 0 Å². The van der Waals surface area contributed by atoms with E-state index < -0.39 is 27.7 Å². The lowest BCUT2D eigenvalue weighted by molar-refractivity contribution is 0.0686. The lowest BCUT2D eigenvalue weighted by atomic mass is 10.3. The highest BCUT2D eigenvalue weighted by molar-refractivity contribution is 7.89. The normalized spacial score (nSPS) is 13.2. The molecule has 0 saturated carbocycles. The van der Waals surface area contributed by atoms with Crippen LogP contribution in [0.1, 0.15) is 40.6 Å². The molecule has 0 aliphatic heterocycles. The van der Waals surface area contributed by atoms with E-state index in [9.17, 15) is 13.2 Å². The maximum atomic E-state index is 12.4. The van der Waals surface area contributed by atoms with Crippen LogP contribution < -0.4 is 4.72 Å². The lowest BCUT2D eigenvalue weighted by Gasteiger charge is -2.14. The van der Waals surface area contributed by atoms with Crippen LogP contribution in [0.5, 0.6) is 0 Å². The predicted octanol–water partition coefficient (Wildman–Crippen LogP) is 1.30. The largest absolute Gasteiger partial charge is 0.476 e. The van der Waals surface area contributed by atoms with Crippen LogP contribution in [0, 0.1) is 6.92 Å². The van der Waals surface area contributed by atoms with Crippen molar-refractivity contribution in [3.63, 3.8) is 0 Å². The molecular weight excluding hydrogens is 316 g/mol. The van der Waals surface area contributed by atoms with Crippen molar-refractivity contribution in [1.82, 2.24) is 19.9 Å². The van der Waals surface area contributed by atoms with Crippen molar-refractivity contribution >= 4 is 27.3 Å². The maximum Gasteiger partial charge on any atom is 0.357 e. The molecule has 1 unspecified atom stereocenters. The number of carboxylic acids is 1. The van der Waals surface area contributed by atoms with Gasteiger partial charge in [-0.15, -0.1) is 11.3 Å². The minimum Gasteiger partial charge on any atom is -0.476 e. The zero-order chi connectivity index (χ0) is 15.6. The number of carbonyl (C=O) groups is 1. The molecule has 0 amide bonds. The molecule has 8 nitrogen and oxygen atoms in total. The van der Waals surface area contributed by atoms with E-state index in [1.807, 2.05) is 6.92 Å². The number of thiazole rings is 1. The van der Waals surface area contributed by atoms with Gasteiger partial charge in [-0.1, -0.05) is 6.92 Å². The molecule has 0 aromatic carbocycles. The van der Waals surface area contributed by atoms with E-state index in [0.29, 0.717) is 11.4 Å². The smallest absolute Gasteiger partial charge is 0.357 e. The van der Waals surface area contributed by atoms with Crippen LogP contribution in [-0.4, -0.2) is 34.7 Å². The quantitative estimate of drug-likeness (QED) is 0.733. The number of aromatic carboxylic acids is 1. The number of sulfonamides is 1. The first-order chi connectivity index (χ1) is 9.86. The van der Waals surface area contributed by atoms with Crippen LogP contribution in [0.25, 0.3) is 0 Å². The third-order valence-electron chi connectivity index (χ3n) is 2.82. The van der Waals surface area contributed by atoms with Crippen molar-refractivity contribution in [2.75, 3.05) is 0 Å². The van der Waals surface area contributed by atoms with E-state index in [4.69, 9.17) is 5.11 Å². The van der Waals surface area contributed by atoms with Crippen LogP contribution in [0.4, 0.5) is 0 Å². The Labute approximate surface area is 125 Å². The number of hydrogen-bond donors (Lipinski definition) is 3. The number of hydrogen-bond acceptors (Lipinski definition) is 6. The first-order valence-corrected chi connectivity index (χ1v) is 8.43. The molecule has 3 N–H and O–H groups in total. The van der Waals surface area contributed by atoms with Gasteiger partial charge in [0.25, 0.3) is 0 Å². The first kappa shape index (κ1) is 15.6. The summed E-state index contributed by atoms with van der Waals surface area (Å²) >= 11 is 1.33. The zero-order valence-corrected chi connectivity index (χ0v) is 13.0. The van der Waals surface area contributed by atoms with Gasteiger partial charge in [0, 0.05) is 11.6 Å². The molecule has 2 rings (SSSR count). The summed E-state index contributed by atoms with van der Waals surface area (Å²) in [5, 5.41) is 17.3. The fourth-order valence-electron chi connectivity index (χ4n) is 1.85. The Kier molecular flexibility index (Phi) is 4.40. The molecule has 0 spiro atoms. The van der Waals surface area contributed by atoms with Gasteiger partial charge in [-0.05, 0) is 13.3 Å². The molecule has 0 aliphatic rings. The Morgan fingerprint density at radius 3 is 2.81 bits per heavy atom. The average Bonchev–Trinajstić information content (AvgIpc) is 3.04. The Hall–Kier alpha value is -1.78. The Bertz CT molecular complexity index is 736. The number of rotatable bonds is 6. The highest BCUT2D eigenvalue weighted by Crippen LogP contribution is 2.24. The summed E-state index contributed by atoms with van der Waals surface area (Å²) in [5.74, 6) is -1.40. The summed E-state index contributed by atoms with van der Waals surface area (Å²) in [5.41, 5.74) is -0.345. The molecule has 0 radical (unpaired) electrons. The molecule has 0 aliphatic carbocycles. The summed E-state index contributed by atoms with van der Waals surface area (Å²) < 4.78 is 27.4. The second-order valence-electron chi connectivity index (χ2n) is 4.28. The van der Waals surface area contributed by atoms with Crippen LogP contribution in [0.15, 0.2) is 16.5 Å². The molecule has 21 heavy (non-hydrogen) atoms. The van der Waals surface area contributed by atoms with Gasteiger partial charge in [0.2, 0.25) is 10.0 Å². The maximum absolute atomic E-state index is 12.4. The van der Waals surface area contributed by atoms with Crippen molar-refractivity contribution in [3.8, 4) is 0 Å². The molecule has 0 bridgehead atoms. The van der Waals surface area contributed by atoms with Crippen molar-refractivity contribution in [2.45, 2.75) is 31.2 Å². The summed E-state index contributed by atoms with van der Waals surface area (Å²) in [6, 6.07) is -0.508. The zero-order valence-electron chi connectivity index (χ0n) is 11.3. The second-order valence-corrected chi connectivity index (χ2v) is 6.86. The molecule has 0 fully saturated rings. The van der Waals surface area contributed by atoms with Crippen LogP contribution in [0.3, 0.4) is 0 Å². The van der Waals surface area contributed by atoms with E-state index in [1.165, 1.54) is 18.3 Å². The molecule has 1 atom stereocenters. The number of aryl methyl sites for hydroxylation is 1. The van der Waals surface area contributed by atoms with Crippen molar-refractivity contribution in [2.24, 2.45) is 0 Å². The lowest BCUT2D eigenvalue weighted by Crippen LogP contribution is -2.29. The third kappa shape index (κ3) is 3.12. The summed E-state index contributed by atoms with van der Waals surface area (Å²) in [4.78, 5) is 14.8. The summed E-state index contributed by atoms with van der Waals surface area (Å²) in [7, 11) is -4.02. The molecule has 2 heterocycles. The molecule has 0 saturated heterocycles. The van der Waals surface area contributed by atoms with Crippen molar-refractivity contribution in [3.05, 3.63) is 28.0 Å². The molecule has 2 aromatic rings. The fraction of sp³-hybridized carbons (Fsp3) is 0.364. The van der Waals surface area contributed by atoms with Crippen molar-refractivity contribution < 1.29 is 18.3 Å². The number of nitrogens with zero attached hydrogens (tertiary/aromatic N) is 2. The van der Waals surface area contributed by atoms with E-state index in [-0.39, 0.29) is 10.6 Å². The van der Waals surface area contributed by atoms with E-state index in [0.717, 1.165) is 0 Å². The molecular formula is C11H14N4O4S2. The van der Waals surface area contributed by atoms with Crippen molar-refractivity contribution in [1.29, 1.82) is 0 Å². The SMILES string of the molecule is CCC(NS(=O)(=O)c1c(C(=O)O)n[nH]c1C)c1nccs1. The summed E-state index contributed by atoms with van der Waals surface area (Å²) in [6.45, 7) is 3.27. The first-order valence-electron chi connectivity index (χ1n) is 6.06.